The fraction of sp³-hybridized carbons (Fsp3) is 0.312. The number of rotatable bonds is 6. The van der Waals surface area contributed by atoms with Crippen LogP contribution in [0.4, 0.5) is 11.6 Å². The molecule has 0 aliphatic rings. The average molecular weight is 316 g/mol. The molecular weight excluding hydrogens is 296 g/mol. The Kier molecular flexibility index (Phi) is 5.13. The van der Waals surface area contributed by atoms with E-state index in [0.717, 1.165) is 0 Å². The van der Waals surface area contributed by atoms with Gasteiger partial charge in [0.2, 0.25) is 0 Å². The first-order chi connectivity index (χ1) is 10.9. The zero-order valence-electron chi connectivity index (χ0n) is 13.0. The standard InChI is InChI=1S/C16H20N4O3/c1-9(2)13(8-21)20-15-14(17)18-7-12(19-15)10-4-3-5-11(6-10)16(22)23/h3-7,9,13,21H,8H2,1-2H3,(H2,17,18)(H,19,20)(H,22,23)/t13-/m0/s1. The highest BCUT2D eigenvalue weighted by atomic mass is 16.4. The second-order valence-electron chi connectivity index (χ2n) is 5.55. The summed E-state index contributed by atoms with van der Waals surface area (Å²) in [4.78, 5) is 19.6. The molecular formula is C16H20N4O3. The van der Waals surface area contributed by atoms with Crippen LogP contribution in [0.3, 0.4) is 0 Å². The Balaban J connectivity index is 2.36. The van der Waals surface area contributed by atoms with Crippen molar-refractivity contribution in [3.8, 4) is 11.3 Å². The van der Waals surface area contributed by atoms with Gasteiger partial charge in [0.15, 0.2) is 11.6 Å². The number of aromatic carboxylic acids is 1. The minimum absolute atomic E-state index is 0.0580. The molecule has 2 aromatic rings. The highest BCUT2D eigenvalue weighted by Gasteiger charge is 2.15. The van der Waals surface area contributed by atoms with E-state index in [1.54, 1.807) is 12.1 Å². The van der Waals surface area contributed by atoms with Gasteiger partial charge in [0.25, 0.3) is 0 Å². The molecule has 7 nitrogen and oxygen atoms in total. The molecule has 0 aliphatic heterocycles. The largest absolute Gasteiger partial charge is 0.478 e. The van der Waals surface area contributed by atoms with E-state index in [2.05, 4.69) is 15.3 Å². The van der Waals surface area contributed by atoms with Crippen molar-refractivity contribution in [2.24, 2.45) is 5.92 Å². The van der Waals surface area contributed by atoms with Gasteiger partial charge in [0, 0.05) is 5.56 Å². The zero-order valence-corrected chi connectivity index (χ0v) is 13.0. The van der Waals surface area contributed by atoms with Gasteiger partial charge in [-0.15, -0.1) is 0 Å². The lowest BCUT2D eigenvalue weighted by Gasteiger charge is -2.21. The van der Waals surface area contributed by atoms with Gasteiger partial charge in [0.1, 0.15) is 0 Å². The molecule has 0 spiro atoms. The molecule has 0 fully saturated rings. The fourth-order valence-electron chi connectivity index (χ4n) is 2.05. The summed E-state index contributed by atoms with van der Waals surface area (Å²) < 4.78 is 0. The van der Waals surface area contributed by atoms with Crippen LogP contribution in [-0.4, -0.2) is 38.8 Å². The molecule has 0 bridgehead atoms. The van der Waals surface area contributed by atoms with E-state index in [0.29, 0.717) is 17.1 Å². The van der Waals surface area contributed by atoms with Crippen LogP contribution in [0.15, 0.2) is 30.5 Å². The molecule has 23 heavy (non-hydrogen) atoms. The first-order valence-electron chi connectivity index (χ1n) is 7.26. The number of carboxylic acids is 1. The van der Waals surface area contributed by atoms with Crippen LogP contribution in [0, 0.1) is 5.92 Å². The maximum absolute atomic E-state index is 11.1. The predicted octanol–water partition coefficient (Wildman–Crippen LogP) is 1.85. The molecule has 122 valence electrons. The lowest BCUT2D eigenvalue weighted by atomic mass is 10.1. The summed E-state index contributed by atoms with van der Waals surface area (Å²) in [6, 6.07) is 6.23. The monoisotopic (exact) mass is 316 g/mol. The average Bonchev–Trinajstić information content (AvgIpc) is 2.53. The molecule has 2 rings (SSSR count). The number of nitrogens with one attached hydrogen (secondary N) is 1. The second kappa shape index (κ2) is 7.06. The number of aromatic nitrogens is 2. The van der Waals surface area contributed by atoms with Gasteiger partial charge < -0.3 is 21.3 Å². The van der Waals surface area contributed by atoms with Gasteiger partial charge in [0.05, 0.1) is 30.1 Å². The quantitative estimate of drug-likeness (QED) is 0.641. The first-order valence-corrected chi connectivity index (χ1v) is 7.26. The van der Waals surface area contributed by atoms with Crippen LogP contribution in [0.25, 0.3) is 11.3 Å². The third kappa shape index (κ3) is 3.95. The molecule has 1 aromatic heterocycles. The highest BCUT2D eigenvalue weighted by molar-refractivity contribution is 5.89. The number of benzene rings is 1. The van der Waals surface area contributed by atoms with E-state index in [1.165, 1.54) is 18.3 Å². The van der Waals surface area contributed by atoms with Crippen molar-refractivity contribution in [1.29, 1.82) is 0 Å². The van der Waals surface area contributed by atoms with E-state index in [1.807, 2.05) is 13.8 Å². The number of carbonyl (C=O) groups is 1. The van der Waals surface area contributed by atoms with Gasteiger partial charge in [-0.1, -0.05) is 26.0 Å². The summed E-state index contributed by atoms with van der Waals surface area (Å²) >= 11 is 0. The first kappa shape index (κ1) is 16.7. The Morgan fingerprint density at radius 2 is 2.13 bits per heavy atom. The van der Waals surface area contributed by atoms with Crippen molar-refractivity contribution in [2.45, 2.75) is 19.9 Å². The molecule has 1 atom stereocenters. The minimum Gasteiger partial charge on any atom is -0.478 e. The summed E-state index contributed by atoms with van der Waals surface area (Å²) in [6.45, 7) is 3.88. The van der Waals surface area contributed by atoms with Crippen molar-refractivity contribution in [3.05, 3.63) is 36.0 Å². The molecule has 0 saturated heterocycles. The van der Waals surface area contributed by atoms with E-state index in [-0.39, 0.29) is 29.9 Å². The van der Waals surface area contributed by atoms with Gasteiger partial charge in [-0.25, -0.2) is 14.8 Å². The summed E-state index contributed by atoms with van der Waals surface area (Å²) in [5.41, 5.74) is 7.14. The number of aliphatic hydroxyl groups is 1. The van der Waals surface area contributed by atoms with Gasteiger partial charge in [-0.3, -0.25) is 0 Å². The van der Waals surface area contributed by atoms with E-state index in [9.17, 15) is 9.90 Å². The maximum Gasteiger partial charge on any atom is 0.335 e. The molecule has 5 N–H and O–H groups in total. The van der Waals surface area contributed by atoms with Crippen LogP contribution in [0.1, 0.15) is 24.2 Å². The molecule has 0 aliphatic carbocycles. The molecule has 0 unspecified atom stereocenters. The Morgan fingerprint density at radius 3 is 2.74 bits per heavy atom. The highest BCUT2D eigenvalue weighted by Crippen LogP contribution is 2.23. The normalized spacial score (nSPS) is 12.2. The fourth-order valence-corrected chi connectivity index (χ4v) is 2.05. The number of hydrogen-bond donors (Lipinski definition) is 4. The molecule has 0 amide bonds. The summed E-state index contributed by atoms with van der Waals surface area (Å²) in [5.74, 6) is -0.229. The van der Waals surface area contributed by atoms with Crippen molar-refractivity contribution in [1.82, 2.24) is 9.97 Å². The molecule has 0 radical (unpaired) electrons. The van der Waals surface area contributed by atoms with Gasteiger partial charge in [-0.05, 0) is 18.1 Å². The van der Waals surface area contributed by atoms with Crippen LogP contribution in [-0.2, 0) is 0 Å². The van der Waals surface area contributed by atoms with E-state index < -0.39 is 5.97 Å². The summed E-state index contributed by atoms with van der Waals surface area (Å²) in [7, 11) is 0. The minimum atomic E-state index is -1.01. The number of nitrogens with two attached hydrogens (primary N) is 1. The van der Waals surface area contributed by atoms with E-state index in [4.69, 9.17) is 10.8 Å². The number of anilines is 2. The Labute approximate surface area is 134 Å². The Bertz CT molecular complexity index is 703. The third-order valence-corrected chi connectivity index (χ3v) is 3.53. The van der Waals surface area contributed by atoms with E-state index >= 15 is 0 Å². The van der Waals surface area contributed by atoms with Crippen molar-refractivity contribution >= 4 is 17.6 Å². The van der Waals surface area contributed by atoms with Gasteiger partial charge in [-0.2, -0.15) is 0 Å². The van der Waals surface area contributed by atoms with Gasteiger partial charge >= 0.3 is 5.97 Å². The topological polar surface area (TPSA) is 121 Å². The molecule has 7 heteroatoms. The number of hydrogen-bond acceptors (Lipinski definition) is 6. The number of carboxylic acid groups (broad SMARTS) is 1. The van der Waals surface area contributed by atoms with Crippen LogP contribution >= 0.6 is 0 Å². The number of aliphatic hydroxyl groups excluding tert-OH is 1. The molecule has 1 aromatic carbocycles. The zero-order chi connectivity index (χ0) is 17.0. The number of nitrogens with zero attached hydrogens (tertiary/aromatic N) is 2. The summed E-state index contributed by atoms with van der Waals surface area (Å²) in [5, 5.41) is 21.6. The van der Waals surface area contributed by atoms with Crippen molar-refractivity contribution in [3.63, 3.8) is 0 Å². The Hall–Kier alpha value is -2.67. The number of nitrogen functional groups attached to an aromatic ring is 1. The maximum atomic E-state index is 11.1. The molecule has 0 saturated carbocycles. The lowest BCUT2D eigenvalue weighted by Crippen LogP contribution is -2.30. The predicted molar refractivity (Wildman–Crippen MR) is 88.2 cm³/mol. The summed E-state index contributed by atoms with van der Waals surface area (Å²) in [6.07, 6.45) is 1.49. The smallest absolute Gasteiger partial charge is 0.335 e. The van der Waals surface area contributed by atoms with Crippen molar-refractivity contribution in [2.75, 3.05) is 17.7 Å². The molecule has 1 heterocycles. The SMILES string of the molecule is CC(C)[C@H](CO)Nc1nc(-c2cccc(C(=O)O)c2)cnc1N. The van der Waals surface area contributed by atoms with Crippen LogP contribution in [0.5, 0.6) is 0 Å². The van der Waals surface area contributed by atoms with Crippen LogP contribution < -0.4 is 11.1 Å². The lowest BCUT2D eigenvalue weighted by molar-refractivity contribution is 0.0697. The second-order valence-corrected chi connectivity index (χ2v) is 5.55. The van der Waals surface area contributed by atoms with Crippen LogP contribution in [0.2, 0.25) is 0 Å². The third-order valence-electron chi connectivity index (χ3n) is 3.53. The Morgan fingerprint density at radius 1 is 1.39 bits per heavy atom. The van der Waals surface area contributed by atoms with Crippen molar-refractivity contribution < 1.29 is 15.0 Å².